The molecule has 5 nitrogen and oxygen atoms in total. The minimum atomic E-state index is -3.29. The molecule has 0 bridgehead atoms. The fourth-order valence-corrected chi connectivity index (χ4v) is 3.42. The van der Waals surface area contributed by atoms with E-state index in [2.05, 4.69) is 14.9 Å². The molecule has 1 aromatic rings. The van der Waals surface area contributed by atoms with Crippen LogP contribution in [0, 0.1) is 13.8 Å². The van der Waals surface area contributed by atoms with Crippen LogP contribution in [0.4, 0.5) is 5.69 Å². The lowest BCUT2D eigenvalue weighted by atomic mass is 10.1. The largest absolute Gasteiger partial charge is 0.314 e. The Labute approximate surface area is 121 Å². The number of nitrogens with one attached hydrogen (secondary N) is 2. The molecule has 0 amide bonds. The molecule has 0 spiro atoms. The van der Waals surface area contributed by atoms with E-state index in [0.29, 0.717) is 12.2 Å². The molecule has 0 radical (unpaired) electrons. The molecule has 1 aliphatic heterocycles. The van der Waals surface area contributed by atoms with Crippen LogP contribution in [-0.4, -0.2) is 51.8 Å². The second-order valence-corrected chi connectivity index (χ2v) is 7.10. The number of benzene rings is 1. The maximum atomic E-state index is 12.2. The van der Waals surface area contributed by atoms with Crippen LogP contribution < -0.4 is 10.0 Å². The lowest BCUT2D eigenvalue weighted by Gasteiger charge is -2.27. The second kappa shape index (κ2) is 6.56. The minimum absolute atomic E-state index is 0.139. The van der Waals surface area contributed by atoms with Gasteiger partial charge in [0, 0.05) is 32.7 Å². The third kappa shape index (κ3) is 4.19. The minimum Gasteiger partial charge on any atom is -0.314 e. The Morgan fingerprint density at radius 1 is 1.25 bits per heavy atom. The van der Waals surface area contributed by atoms with Gasteiger partial charge in [0.1, 0.15) is 0 Å². The topological polar surface area (TPSA) is 61.4 Å². The predicted octanol–water partition coefficient (Wildman–Crippen LogP) is 0.950. The van der Waals surface area contributed by atoms with E-state index >= 15 is 0 Å². The molecule has 0 atom stereocenters. The zero-order valence-corrected chi connectivity index (χ0v) is 13.0. The van der Waals surface area contributed by atoms with Crippen molar-refractivity contribution < 1.29 is 8.42 Å². The summed E-state index contributed by atoms with van der Waals surface area (Å²) >= 11 is 0. The van der Waals surface area contributed by atoms with Crippen molar-refractivity contribution in [3.8, 4) is 0 Å². The highest BCUT2D eigenvalue weighted by atomic mass is 32.2. The lowest BCUT2D eigenvalue weighted by molar-refractivity contribution is 0.254. The van der Waals surface area contributed by atoms with Gasteiger partial charge < -0.3 is 5.32 Å². The van der Waals surface area contributed by atoms with Crippen LogP contribution in [0.5, 0.6) is 0 Å². The zero-order chi connectivity index (χ0) is 14.6. The Hall–Kier alpha value is -1.11. The molecule has 6 heteroatoms. The first kappa shape index (κ1) is 15.3. The third-order valence-electron chi connectivity index (χ3n) is 3.76. The van der Waals surface area contributed by atoms with Crippen molar-refractivity contribution in [3.05, 3.63) is 29.3 Å². The molecule has 1 aliphatic rings. The Balaban J connectivity index is 1.94. The Bertz CT molecular complexity index is 552. The van der Waals surface area contributed by atoms with Gasteiger partial charge >= 0.3 is 0 Å². The average molecular weight is 297 g/mol. The summed E-state index contributed by atoms with van der Waals surface area (Å²) in [5, 5.41) is 3.26. The number of aryl methyl sites for hydroxylation is 1. The normalized spacial score (nSPS) is 17.1. The van der Waals surface area contributed by atoms with Crippen LogP contribution in [0.1, 0.15) is 11.1 Å². The molecule has 0 aromatic heterocycles. The summed E-state index contributed by atoms with van der Waals surface area (Å²) in [6.07, 6.45) is 0. The Kier molecular flexibility index (Phi) is 5.01. The van der Waals surface area contributed by atoms with Crippen molar-refractivity contribution in [2.45, 2.75) is 13.8 Å². The highest BCUT2D eigenvalue weighted by Crippen LogP contribution is 2.19. The summed E-state index contributed by atoms with van der Waals surface area (Å²) in [5.41, 5.74) is 2.76. The van der Waals surface area contributed by atoms with E-state index < -0.39 is 10.0 Å². The van der Waals surface area contributed by atoms with E-state index in [1.807, 2.05) is 32.0 Å². The first-order valence-corrected chi connectivity index (χ1v) is 8.63. The van der Waals surface area contributed by atoms with Gasteiger partial charge in [-0.05, 0) is 31.0 Å². The van der Waals surface area contributed by atoms with Gasteiger partial charge in [-0.2, -0.15) is 0 Å². The summed E-state index contributed by atoms with van der Waals surface area (Å²) in [4.78, 5) is 2.18. The lowest BCUT2D eigenvalue weighted by Crippen LogP contribution is -2.45. The van der Waals surface area contributed by atoms with Gasteiger partial charge in [0.2, 0.25) is 10.0 Å². The number of hydrogen-bond donors (Lipinski definition) is 2. The highest BCUT2D eigenvalue weighted by Gasteiger charge is 2.16. The predicted molar refractivity (Wildman–Crippen MR) is 82.6 cm³/mol. The van der Waals surface area contributed by atoms with E-state index in [0.717, 1.165) is 37.3 Å². The van der Waals surface area contributed by atoms with E-state index in [1.54, 1.807) is 0 Å². The fraction of sp³-hybridized carbons (Fsp3) is 0.571. The van der Waals surface area contributed by atoms with Crippen molar-refractivity contribution >= 4 is 15.7 Å². The molecule has 0 unspecified atom stereocenters. The quantitative estimate of drug-likeness (QED) is 0.849. The molecular formula is C14H23N3O2S. The molecule has 2 rings (SSSR count). The van der Waals surface area contributed by atoms with Crippen molar-refractivity contribution in [1.82, 2.24) is 10.2 Å². The second-order valence-electron chi connectivity index (χ2n) is 5.26. The first-order valence-electron chi connectivity index (χ1n) is 6.98. The van der Waals surface area contributed by atoms with E-state index in [4.69, 9.17) is 0 Å². The Morgan fingerprint density at radius 2 is 1.95 bits per heavy atom. The third-order valence-corrected chi connectivity index (χ3v) is 5.01. The van der Waals surface area contributed by atoms with Crippen molar-refractivity contribution in [1.29, 1.82) is 0 Å². The van der Waals surface area contributed by atoms with Gasteiger partial charge in [-0.15, -0.1) is 0 Å². The van der Waals surface area contributed by atoms with Crippen LogP contribution in [0.15, 0.2) is 18.2 Å². The highest BCUT2D eigenvalue weighted by molar-refractivity contribution is 7.92. The van der Waals surface area contributed by atoms with Crippen LogP contribution in [0.3, 0.4) is 0 Å². The van der Waals surface area contributed by atoms with Crippen molar-refractivity contribution in [2.75, 3.05) is 43.2 Å². The van der Waals surface area contributed by atoms with Crippen molar-refractivity contribution in [3.63, 3.8) is 0 Å². The first-order chi connectivity index (χ1) is 9.48. The van der Waals surface area contributed by atoms with Gasteiger partial charge in [0.05, 0.1) is 11.4 Å². The maximum absolute atomic E-state index is 12.2. The summed E-state index contributed by atoms with van der Waals surface area (Å²) in [6.45, 7) is 8.20. The number of rotatable bonds is 5. The standard InChI is InChI=1S/C14H23N3O2S/c1-12-4-3-5-14(13(12)2)16-20(18,19)11-10-17-8-6-15-7-9-17/h3-5,15-16H,6-11H2,1-2H3. The van der Waals surface area contributed by atoms with E-state index in [9.17, 15) is 8.42 Å². The molecule has 0 saturated carbocycles. The van der Waals surface area contributed by atoms with Gasteiger partial charge in [-0.3, -0.25) is 9.62 Å². The summed E-state index contributed by atoms with van der Waals surface area (Å²) < 4.78 is 27.0. The molecule has 112 valence electrons. The van der Waals surface area contributed by atoms with E-state index in [-0.39, 0.29) is 5.75 Å². The molecule has 1 fully saturated rings. The summed E-state index contributed by atoms with van der Waals surface area (Å²) in [6, 6.07) is 5.66. The smallest absolute Gasteiger partial charge is 0.233 e. The van der Waals surface area contributed by atoms with Gasteiger partial charge in [-0.25, -0.2) is 8.42 Å². The molecule has 20 heavy (non-hydrogen) atoms. The summed E-state index contributed by atoms with van der Waals surface area (Å²) in [7, 11) is -3.29. The Morgan fingerprint density at radius 3 is 2.65 bits per heavy atom. The van der Waals surface area contributed by atoms with Crippen LogP contribution in [0.2, 0.25) is 0 Å². The zero-order valence-electron chi connectivity index (χ0n) is 12.1. The number of sulfonamides is 1. The molecule has 1 aromatic carbocycles. The van der Waals surface area contributed by atoms with Gasteiger partial charge in [-0.1, -0.05) is 12.1 Å². The van der Waals surface area contributed by atoms with Crippen LogP contribution >= 0.6 is 0 Å². The van der Waals surface area contributed by atoms with Gasteiger partial charge in [0.15, 0.2) is 0 Å². The average Bonchev–Trinajstić information content (AvgIpc) is 2.43. The number of nitrogens with zero attached hydrogens (tertiary/aromatic N) is 1. The van der Waals surface area contributed by atoms with Crippen molar-refractivity contribution in [2.24, 2.45) is 0 Å². The molecule has 1 saturated heterocycles. The van der Waals surface area contributed by atoms with Crippen LogP contribution in [0.25, 0.3) is 0 Å². The maximum Gasteiger partial charge on any atom is 0.233 e. The van der Waals surface area contributed by atoms with Crippen LogP contribution in [-0.2, 0) is 10.0 Å². The number of piperazine rings is 1. The number of hydrogen-bond acceptors (Lipinski definition) is 4. The van der Waals surface area contributed by atoms with Gasteiger partial charge in [0.25, 0.3) is 0 Å². The molecule has 1 heterocycles. The van der Waals surface area contributed by atoms with E-state index in [1.165, 1.54) is 0 Å². The summed E-state index contributed by atoms with van der Waals surface area (Å²) in [5.74, 6) is 0.139. The molecule has 2 N–H and O–H groups in total. The number of anilines is 1. The molecule has 0 aliphatic carbocycles. The monoisotopic (exact) mass is 297 g/mol. The SMILES string of the molecule is Cc1cccc(NS(=O)(=O)CCN2CCNCC2)c1C. The fourth-order valence-electron chi connectivity index (χ4n) is 2.26. The molecular weight excluding hydrogens is 274 g/mol.